The number of pyridine rings is 1. The Labute approximate surface area is 213 Å². The number of cyclic esters (lactones) is 1. The summed E-state index contributed by atoms with van der Waals surface area (Å²) in [6.45, 7) is 0.658. The standard InChI is InChI=1S/C23H23FN6O6S/c24-15-3-1-13-2-4-18(33)29(6-7-31)19(13)20(15)35-8-5-25-9-14-11-30(23(34)36-14)16-10-26-22-21(27-16)28-17(32)12-37-22/h1-4,10,14,25,31H,5-9,11-12H2,(H,27,28,32). The summed E-state index contributed by atoms with van der Waals surface area (Å²) in [6.07, 6.45) is 0.411. The van der Waals surface area contributed by atoms with E-state index in [0.717, 1.165) is 0 Å². The van der Waals surface area contributed by atoms with Crippen LogP contribution in [0.15, 0.2) is 40.3 Å². The van der Waals surface area contributed by atoms with Crippen LogP contribution in [0.25, 0.3) is 10.9 Å². The predicted octanol–water partition coefficient (Wildman–Crippen LogP) is 0.961. The molecule has 37 heavy (non-hydrogen) atoms. The molecule has 3 aromatic rings. The Morgan fingerprint density at radius 1 is 1.27 bits per heavy atom. The monoisotopic (exact) mass is 530 g/mol. The lowest BCUT2D eigenvalue weighted by Gasteiger charge is -2.17. The van der Waals surface area contributed by atoms with Gasteiger partial charge in [0.15, 0.2) is 23.2 Å². The summed E-state index contributed by atoms with van der Waals surface area (Å²) in [7, 11) is 0. The van der Waals surface area contributed by atoms with Crippen molar-refractivity contribution in [2.45, 2.75) is 17.7 Å². The highest BCUT2D eigenvalue weighted by molar-refractivity contribution is 8.00. The normalized spacial score (nSPS) is 17.0. The van der Waals surface area contributed by atoms with Gasteiger partial charge in [0, 0.05) is 31.1 Å². The summed E-state index contributed by atoms with van der Waals surface area (Å²) in [5.74, 6) is -0.0174. The van der Waals surface area contributed by atoms with E-state index in [1.807, 2.05) is 0 Å². The quantitative estimate of drug-likeness (QED) is 0.342. The lowest BCUT2D eigenvalue weighted by molar-refractivity contribution is -0.113. The summed E-state index contributed by atoms with van der Waals surface area (Å²) in [5.41, 5.74) is -0.0878. The van der Waals surface area contributed by atoms with Gasteiger partial charge in [0.25, 0.3) is 5.56 Å². The number of aliphatic hydroxyl groups is 1. The van der Waals surface area contributed by atoms with Crippen LogP contribution < -0.4 is 25.8 Å². The molecular weight excluding hydrogens is 507 g/mol. The lowest BCUT2D eigenvalue weighted by atomic mass is 10.2. The highest BCUT2D eigenvalue weighted by Crippen LogP contribution is 2.30. The molecule has 0 bridgehead atoms. The van der Waals surface area contributed by atoms with Crippen LogP contribution in [-0.4, -0.2) is 76.3 Å². The molecule has 2 aliphatic rings. The summed E-state index contributed by atoms with van der Waals surface area (Å²) in [5, 5.41) is 16.3. The van der Waals surface area contributed by atoms with Gasteiger partial charge in [-0.25, -0.2) is 19.2 Å². The number of thioether (sulfide) groups is 1. The molecule has 1 saturated heterocycles. The van der Waals surface area contributed by atoms with Gasteiger partial charge in [-0.3, -0.25) is 14.5 Å². The molecule has 0 radical (unpaired) electrons. The number of hydrogen-bond donors (Lipinski definition) is 3. The molecule has 14 heteroatoms. The molecule has 194 valence electrons. The number of aliphatic hydroxyl groups excluding tert-OH is 1. The number of carbonyl (C=O) groups is 2. The Balaban J connectivity index is 1.17. The molecule has 1 fully saturated rings. The number of hydrogen-bond acceptors (Lipinski definition) is 10. The van der Waals surface area contributed by atoms with Crippen molar-refractivity contribution in [2.24, 2.45) is 0 Å². The number of ether oxygens (including phenoxy) is 2. The molecule has 12 nitrogen and oxygen atoms in total. The Morgan fingerprint density at radius 3 is 2.95 bits per heavy atom. The number of rotatable bonds is 9. The number of anilines is 2. The van der Waals surface area contributed by atoms with E-state index in [1.165, 1.54) is 39.6 Å². The van der Waals surface area contributed by atoms with Crippen molar-refractivity contribution in [3.8, 4) is 5.75 Å². The van der Waals surface area contributed by atoms with Crippen LogP contribution >= 0.6 is 11.8 Å². The maximum Gasteiger partial charge on any atom is 0.416 e. The summed E-state index contributed by atoms with van der Waals surface area (Å²) in [4.78, 5) is 46.2. The van der Waals surface area contributed by atoms with Crippen LogP contribution in [0.2, 0.25) is 0 Å². The molecular formula is C23H23FN6O6S. The van der Waals surface area contributed by atoms with E-state index in [0.29, 0.717) is 29.3 Å². The summed E-state index contributed by atoms with van der Waals surface area (Å²) in [6, 6.07) is 5.75. The molecule has 0 saturated carbocycles. The number of benzene rings is 1. The first-order valence-electron chi connectivity index (χ1n) is 11.5. The van der Waals surface area contributed by atoms with E-state index >= 15 is 0 Å². The largest absolute Gasteiger partial charge is 0.487 e. The molecule has 2 aromatic heterocycles. The molecule has 5 rings (SSSR count). The third kappa shape index (κ3) is 5.21. The van der Waals surface area contributed by atoms with Gasteiger partial charge < -0.3 is 29.8 Å². The maximum atomic E-state index is 14.6. The highest BCUT2D eigenvalue weighted by Gasteiger charge is 2.34. The number of carbonyl (C=O) groups excluding carboxylic acids is 2. The molecule has 1 aromatic carbocycles. The van der Waals surface area contributed by atoms with Crippen molar-refractivity contribution < 1.29 is 28.6 Å². The minimum atomic E-state index is -0.620. The third-order valence-electron chi connectivity index (χ3n) is 5.75. The molecule has 2 aliphatic heterocycles. The minimum absolute atomic E-state index is 0.0115. The first-order valence-corrected chi connectivity index (χ1v) is 12.5. The Bertz CT molecular complexity index is 1420. The van der Waals surface area contributed by atoms with Gasteiger partial charge >= 0.3 is 6.09 Å². The number of aromatic nitrogens is 3. The molecule has 3 N–H and O–H groups in total. The van der Waals surface area contributed by atoms with Crippen LogP contribution in [0, 0.1) is 5.82 Å². The van der Waals surface area contributed by atoms with E-state index in [-0.39, 0.29) is 60.6 Å². The highest BCUT2D eigenvalue weighted by atomic mass is 32.2. The van der Waals surface area contributed by atoms with Crippen LogP contribution in [0.3, 0.4) is 0 Å². The zero-order valence-corrected chi connectivity index (χ0v) is 20.3. The Morgan fingerprint density at radius 2 is 2.11 bits per heavy atom. The second-order valence-corrected chi connectivity index (χ2v) is 9.21. The van der Waals surface area contributed by atoms with Gasteiger partial charge in [-0.1, -0.05) is 11.8 Å². The van der Waals surface area contributed by atoms with E-state index < -0.39 is 18.0 Å². The van der Waals surface area contributed by atoms with Crippen molar-refractivity contribution in [3.63, 3.8) is 0 Å². The SMILES string of the molecule is O=C1CSc2ncc(N3CC(CNCCOc4c(F)ccc5ccc(=O)n(CCO)c45)OC3=O)nc2N1. The van der Waals surface area contributed by atoms with Crippen molar-refractivity contribution >= 4 is 46.3 Å². The number of amides is 2. The molecule has 2 amide bonds. The van der Waals surface area contributed by atoms with Crippen molar-refractivity contribution in [2.75, 3.05) is 48.8 Å². The van der Waals surface area contributed by atoms with Gasteiger partial charge in [0.1, 0.15) is 17.7 Å². The molecule has 0 aliphatic carbocycles. The number of nitrogens with zero attached hydrogens (tertiary/aromatic N) is 4. The van der Waals surface area contributed by atoms with Crippen LogP contribution in [-0.2, 0) is 16.1 Å². The second-order valence-electron chi connectivity index (χ2n) is 8.25. The van der Waals surface area contributed by atoms with Gasteiger partial charge in [-0.05, 0) is 18.2 Å². The topological polar surface area (TPSA) is 148 Å². The molecule has 0 spiro atoms. The van der Waals surface area contributed by atoms with E-state index in [2.05, 4.69) is 20.6 Å². The average Bonchev–Trinajstić information content (AvgIpc) is 3.26. The zero-order valence-electron chi connectivity index (χ0n) is 19.5. The van der Waals surface area contributed by atoms with Crippen LogP contribution in [0.4, 0.5) is 20.8 Å². The summed E-state index contributed by atoms with van der Waals surface area (Å²) < 4.78 is 26.9. The van der Waals surface area contributed by atoms with Gasteiger partial charge in [0.2, 0.25) is 5.91 Å². The maximum absolute atomic E-state index is 14.6. The Kier molecular flexibility index (Phi) is 7.21. The first kappa shape index (κ1) is 24.9. The number of nitrogens with one attached hydrogen (secondary N) is 2. The van der Waals surface area contributed by atoms with E-state index in [1.54, 1.807) is 12.1 Å². The van der Waals surface area contributed by atoms with E-state index in [4.69, 9.17) is 9.47 Å². The van der Waals surface area contributed by atoms with Gasteiger partial charge in [-0.15, -0.1) is 0 Å². The number of halogens is 1. The van der Waals surface area contributed by atoms with Crippen molar-refractivity contribution in [3.05, 3.63) is 46.6 Å². The molecule has 4 heterocycles. The fourth-order valence-electron chi connectivity index (χ4n) is 4.09. The summed E-state index contributed by atoms with van der Waals surface area (Å²) >= 11 is 1.27. The lowest BCUT2D eigenvalue weighted by Crippen LogP contribution is -2.33. The van der Waals surface area contributed by atoms with Crippen LogP contribution in [0.5, 0.6) is 5.75 Å². The third-order valence-corrected chi connectivity index (χ3v) is 6.73. The fourth-order valence-corrected chi connectivity index (χ4v) is 4.79. The molecule has 1 unspecified atom stereocenters. The first-order chi connectivity index (χ1) is 17.9. The Hall–Kier alpha value is -3.75. The van der Waals surface area contributed by atoms with Crippen LogP contribution in [0.1, 0.15) is 0 Å². The predicted molar refractivity (Wildman–Crippen MR) is 133 cm³/mol. The van der Waals surface area contributed by atoms with E-state index in [9.17, 15) is 23.9 Å². The zero-order chi connectivity index (χ0) is 25.9. The van der Waals surface area contributed by atoms with Crippen molar-refractivity contribution in [1.82, 2.24) is 19.9 Å². The molecule has 1 atom stereocenters. The second kappa shape index (κ2) is 10.7. The average molecular weight is 531 g/mol. The number of fused-ring (bicyclic) bond motifs is 2. The van der Waals surface area contributed by atoms with Gasteiger partial charge in [0.05, 0.1) is 30.6 Å². The smallest absolute Gasteiger partial charge is 0.416 e. The van der Waals surface area contributed by atoms with Crippen molar-refractivity contribution in [1.29, 1.82) is 0 Å². The van der Waals surface area contributed by atoms with Gasteiger partial charge in [-0.2, -0.15) is 0 Å². The fraction of sp³-hybridized carbons (Fsp3) is 0.348. The minimum Gasteiger partial charge on any atom is -0.487 e.